The lowest BCUT2D eigenvalue weighted by Crippen LogP contribution is -2.37. The summed E-state index contributed by atoms with van der Waals surface area (Å²) >= 11 is 0. The van der Waals surface area contributed by atoms with E-state index in [0.717, 1.165) is 11.3 Å². The summed E-state index contributed by atoms with van der Waals surface area (Å²) in [5, 5.41) is 2.88. The lowest BCUT2D eigenvalue weighted by Gasteiger charge is -2.19. The van der Waals surface area contributed by atoms with Gasteiger partial charge in [0.15, 0.2) is 0 Å². The highest BCUT2D eigenvalue weighted by Gasteiger charge is 2.31. The van der Waals surface area contributed by atoms with E-state index >= 15 is 0 Å². The van der Waals surface area contributed by atoms with Gasteiger partial charge in [0.1, 0.15) is 0 Å². The zero-order chi connectivity index (χ0) is 21.9. The molecule has 0 aliphatic carbocycles. The number of hydrogen-bond acceptors (Lipinski definition) is 4. The van der Waals surface area contributed by atoms with E-state index < -0.39 is 10.0 Å². The largest absolute Gasteiger partial charge is 0.347 e. The number of aryl methyl sites for hydroxylation is 1. The van der Waals surface area contributed by atoms with Gasteiger partial charge in [-0.25, -0.2) is 8.42 Å². The molecular weight excluding hydrogens is 402 g/mol. The number of carbonyl (C=O) groups is 2. The Morgan fingerprint density at radius 1 is 1.07 bits per heavy atom. The van der Waals surface area contributed by atoms with E-state index in [9.17, 15) is 18.0 Å². The normalized spacial score (nSPS) is 16.9. The number of amides is 2. The maximum atomic E-state index is 12.6. The first kappa shape index (κ1) is 22.0. The van der Waals surface area contributed by atoms with E-state index in [1.165, 1.54) is 28.6 Å². The Kier molecular flexibility index (Phi) is 6.58. The van der Waals surface area contributed by atoms with E-state index in [1.807, 2.05) is 31.2 Å². The number of nitrogens with zero attached hydrogens (tertiary/aromatic N) is 2. The number of carbonyl (C=O) groups excluding carboxylic acids is 2. The number of anilines is 1. The third-order valence-electron chi connectivity index (χ3n) is 5.27. The molecule has 1 aliphatic rings. The summed E-state index contributed by atoms with van der Waals surface area (Å²) in [4.78, 5) is 26.8. The van der Waals surface area contributed by atoms with Crippen LogP contribution in [-0.4, -0.2) is 50.2 Å². The van der Waals surface area contributed by atoms with Crippen molar-refractivity contribution in [1.82, 2.24) is 9.62 Å². The van der Waals surface area contributed by atoms with Gasteiger partial charge in [0.25, 0.3) is 5.91 Å². The predicted octanol–water partition coefficient (Wildman–Crippen LogP) is 2.56. The maximum Gasteiger partial charge on any atom is 0.251 e. The summed E-state index contributed by atoms with van der Waals surface area (Å²) in [6.45, 7) is 6.72. The molecule has 2 aromatic carbocycles. The Labute approximate surface area is 177 Å². The summed E-state index contributed by atoms with van der Waals surface area (Å²) < 4.78 is 26.5. The zero-order valence-corrected chi connectivity index (χ0v) is 18.3. The first-order chi connectivity index (χ1) is 14.3. The number of hydrogen-bond donors (Lipinski definition) is 1. The van der Waals surface area contributed by atoms with Crippen LogP contribution >= 0.6 is 0 Å². The summed E-state index contributed by atoms with van der Waals surface area (Å²) in [7, 11) is -3.56. The molecule has 7 nitrogen and oxygen atoms in total. The van der Waals surface area contributed by atoms with Crippen molar-refractivity contribution in [2.24, 2.45) is 0 Å². The highest BCUT2D eigenvalue weighted by molar-refractivity contribution is 7.89. The molecule has 1 unspecified atom stereocenters. The molecule has 0 saturated carbocycles. The van der Waals surface area contributed by atoms with Gasteiger partial charge < -0.3 is 10.2 Å². The van der Waals surface area contributed by atoms with E-state index in [-0.39, 0.29) is 29.2 Å². The lowest BCUT2D eigenvalue weighted by atomic mass is 10.2. The van der Waals surface area contributed by atoms with Crippen LogP contribution in [0.5, 0.6) is 0 Å². The van der Waals surface area contributed by atoms with Gasteiger partial charge in [0, 0.05) is 37.3 Å². The van der Waals surface area contributed by atoms with Crippen LogP contribution < -0.4 is 10.2 Å². The van der Waals surface area contributed by atoms with Crippen LogP contribution in [0.25, 0.3) is 0 Å². The molecule has 0 aromatic heterocycles. The van der Waals surface area contributed by atoms with Crippen LogP contribution in [0.15, 0.2) is 53.4 Å². The van der Waals surface area contributed by atoms with Crippen LogP contribution in [0.2, 0.25) is 0 Å². The first-order valence-electron chi connectivity index (χ1n) is 10.0. The molecule has 1 aliphatic heterocycles. The van der Waals surface area contributed by atoms with Gasteiger partial charge >= 0.3 is 0 Å². The molecule has 160 valence electrons. The Morgan fingerprint density at radius 3 is 2.23 bits per heavy atom. The molecule has 1 fully saturated rings. The molecule has 8 heteroatoms. The van der Waals surface area contributed by atoms with Crippen molar-refractivity contribution in [3.63, 3.8) is 0 Å². The van der Waals surface area contributed by atoms with Gasteiger partial charge in [-0.2, -0.15) is 4.31 Å². The molecule has 30 heavy (non-hydrogen) atoms. The standard InChI is InChI=1S/C22H27N3O4S/c1-4-24(5-2)30(28,29)20-12-8-17(9-13-20)22(27)23-18-14-21(26)25(15-18)19-10-6-16(3)7-11-19/h6-13,18H,4-5,14-15H2,1-3H3,(H,23,27). The highest BCUT2D eigenvalue weighted by atomic mass is 32.2. The van der Waals surface area contributed by atoms with Gasteiger partial charge in [-0.3, -0.25) is 9.59 Å². The summed E-state index contributed by atoms with van der Waals surface area (Å²) in [6.07, 6.45) is 0.230. The Balaban J connectivity index is 1.66. The summed E-state index contributed by atoms with van der Waals surface area (Å²) in [5.74, 6) is -0.366. The first-order valence-corrected chi connectivity index (χ1v) is 11.5. The van der Waals surface area contributed by atoms with Crippen LogP contribution in [0, 0.1) is 6.92 Å². The number of nitrogens with one attached hydrogen (secondary N) is 1. The van der Waals surface area contributed by atoms with Crippen molar-refractivity contribution in [1.29, 1.82) is 0 Å². The quantitative estimate of drug-likeness (QED) is 0.733. The second-order valence-electron chi connectivity index (χ2n) is 7.33. The Morgan fingerprint density at radius 2 is 1.67 bits per heavy atom. The molecule has 0 bridgehead atoms. The van der Waals surface area contributed by atoms with Crippen molar-refractivity contribution < 1.29 is 18.0 Å². The van der Waals surface area contributed by atoms with Gasteiger partial charge in [0.05, 0.1) is 10.9 Å². The third kappa shape index (κ3) is 4.55. The van der Waals surface area contributed by atoms with E-state index in [0.29, 0.717) is 25.2 Å². The molecule has 1 N–H and O–H groups in total. The average molecular weight is 430 g/mol. The molecular formula is C22H27N3O4S. The Bertz CT molecular complexity index is 1010. The molecule has 2 aromatic rings. The fourth-order valence-electron chi connectivity index (χ4n) is 3.54. The van der Waals surface area contributed by atoms with Crippen molar-refractivity contribution in [3.05, 3.63) is 59.7 Å². The van der Waals surface area contributed by atoms with Gasteiger partial charge in [-0.15, -0.1) is 0 Å². The monoisotopic (exact) mass is 429 g/mol. The smallest absolute Gasteiger partial charge is 0.251 e. The van der Waals surface area contributed by atoms with Crippen LogP contribution in [0.1, 0.15) is 36.2 Å². The minimum Gasteiger partial charge on any atom is -0.347 e. The van der Waals surface area contributed by atoms with Crippen LogP contribution in [-0.2, 0) is 14.8 Å². The second-order valence-corrected chi connectivity index (χ2v) is 9.27. The molecule has 3 rings (SSSR count). The fourth-order valence-corrected chi connectivity index (χ4v) is 5.00. The minimum atomic E-state index is -3.56. The average Bonchev–Trinajstić information content (AvgIpc) is 3.09. The van der Waals surface area contributed by atoms with E-state index in [1.54, 1.807) is 18.7 Å². The second kappa shape index (κ2) is 8.97. The molecule has 1 heterocycles. The fraction of sp³-hybridized carbons (Fsp3) is 0.364. The minimum absolute atomic E-state index is 0.0372. The van der Waals surface area contributed by atoms with Gasteiger partial charge in [-0.1, -0.05) is 31.5 Å². The highest BCUT2D eigenvalue weighted by Crippen LogP contribution is 2.22. The predicted molar refractivity (Wildman–Crippen MR) is 116 cm³/mol. The molecule has 1 atom stereocenters. The number of sulfonamides is 1. The number of benzene rings is 2. The van der Waals surface area contributed by atoms with Crippen molar-refractivity contribution in [3.8, 4) is 0 Å². The van der Waals surface area contributed by atoms with E-state index in [4.69, 9.17) is 0 Å². The molecule has 0 spiro atoms. The molecule has 0 radical (unpaired) electrons. The Hall–Kier alpha value is -2.71. The molecule has 2 amide bonds. The maximum absolute atomic E-state index is 12.6. The third-order valence-corrected chi connectivity index (χ3v) is 7.33. The van der Waals surface area contributed by atoms with Crippen LogP contribution in [0.3, 0.4) is 0 Å². The van der Waals surface area contributed by atoms with Crippen molar-refractivity contribution in [2.45, 2.75) is 38.1 Å². The van der Waals surface area contributed by atoms with Crippen molar-refractivity contribution in [2.75, 3.05) is 24.5 Å². The number of rotatable bonds is 7. The van der Waals surface area contributed by atoms with Gasteiger partial charge in [-0.05, 0) is 43.3 Å². The van der Waals surface area contributed by atoms with Crippen LogP contribution in [0.4, 0.5) is 5.69 Å². The van der Waals surface area contributed by atoms with Crippen molar-refractivity contribution >= 4 is 27.5 Å². The topological polar surface area (TPSA) is 86.8 Å². The van der Waals surface area contributed by atoms with Gasteiger partial charge in [0.2, 0.25) is 15.9 Å². The molecule has 1 saturated heterocycles. The zero-order valence-electron chi connectivity index (χ0n) is 17.5. The summed E-state index contributed by atoms with van der Waals surface area (Å²) in [6, 6.07) is 13.3. The van der Waals surface area contributed by atoms with E-state index in [2.05, 4.69) is 5.32 Å². The SMILES string of the molecule is CCN(CC)S(=O)(=O)c1ccc(C(=O)NC2CC(=O)N(c3ccc(C)cc3)C2)cc1. The lowest BCUT2D eigenvalue weighted by molar-refractivity contribution is -0.117. The summed E-state index contributed by atoms with van der Waals surface area (Å²) in [5.41, 5.74) is 2.28.